The zero-order valence-corrected chi connectivity index (χ0v) is 10.1. The van der Waals surface area contributed by atoms with E-state index in [-0.39, 0.29) is 23.8 Å². The Morgan fingerprint density at radius 3 is 2.38 bits per heavy atom. The third-order valence-corrected chi connectivity index (χ3v) is 2.82. The summed E-state index contributed by atoms with van der Waals surface area (Å²) in [6.45, 7) is 5.24. The van der Waals surface area contributed by atoms with Crippen molar-refractivity contribution in [3.8, 4) is 0 Å². The molecule has 16 heavy (non-hydrogen) atoms. The van der Waals surface area contributed by atoms with Gasteiger partial charge in [0.05, 0.1) is 4.90 Å². The van der Waals surface area contributed by atoms with Crippen LogP contribution in [-0.2, 0) is 10.0 Å². The normalized spacial score (nSPS) is 10.8. The minimum absolute atomic E-state index is 0. The minimum Gasteiger partial charge on any atom is -0.491 e. The van der Waals surface area contributed by atoms with Gasteiger partial charge in [0, 0.05) is 6.21 Å². The Morgan fingerprint density at radius 2 is 1.88 bits per heavy atom. The van der Waals surface area contributed by atoms with E-state index in [1.165, 1.54) is 24.4 Å². The van der Waals surface area contributed by atoms with Crippen LogP contribution in [0.15, 0.2) is 46.9 Å². The molecule has 0 radical (unpaired) electrons. The van der Waals surface area contributed by atoms with Crippen LogP contribution in [0.25, 0.3) is 4.83 Å². The van der Waals surface area contributed by atoms with Crippen molar-refractivity contribution in [3.63, 3.8) is 0 Å². The van der Waals surface area contributed by atoms with Crippen molar-refractivity contribution in [2.75, 3.05) is 0 Å². The van der Waals surface area contributed by atoms with Crippen molar-refractivity contribution < 1.29 is 27.3 Å². The van der Waals surface area contributed by atoms with E-state index in [9.17, 15) is 8.42 Å². The van der Waals surface area contributed by atoms with E-state index >= 15 is 0 Å². The predicted molar refractivity (Wildman–Crippen MR) is 60.4 cm³/mol. The Bertz CT molecular complexity index is 466. The van der Waals surface area contributed by atoms with E-state index in [1.807, 2.05) is 6.92 Å². The first kappa shape index (κ1) is 15.0. The molecule has 0 aromatic heterocycles. The summed E-state index contributed by atoms with van der Waals surface area (Å²) in [6, 6.07) is 6.41. The molecule has 0 unspecified atom stereocenters. The fourth-order valence-corrected chi connectivity index (χ4v) is 1.65. The largest absolute Gasteiger partial charge is 1.00 e. The van der Waals surface area contributed by atoms with E-state index in [2.05, 4.69) is 16.5 Å². The van der Waals surface area contributed by atoms with Gasteiger partial charge in [-0.15, -0.1) is 0 Å². The van der Waals surface area contributed by atoms with Crippen LogP contribution >= 0.6 is 0 Å². The van der Waals surface area contributed by atoms with Gasteiger partial charge in [-0.1, -0.05) is 30.4 Å². The topological polar surface area (TPSA) is 60.6 Å². The van der Waals surface area contributed by atoms with Gasteiger partial charge < -0.3 is 9.93 Å². The van der Waals surface area contributed by atoms with E-state index < -0.39 is 10.0 Å². The van der Waals surface area contributed by atoms with Crippen LogP contribution in [0.3, 0.4) is 0 Å². The summed E-state index contributed by atoms with van der Waals surface area (Å²) in [6.07, 6.45) is 2.57. The molecule has 4 nitrogen and oxygen atoms in total. The van der Waals surface area contributed by atoms with Gasteiger partial charge in [0.2, 0.25) is 0 Å². The first-order chi connectivity index (χ1) is 7.06. The summed E-state index contributed by atoms with van der Waals surface area (Å²) in [5, 5.41) is 3.35. The van der Waals surface area contributed by atoms with Crippen LogP contribution in [0, 0.1) is 6.92 Å². The molecule has 0 bridgehead atoms. The van der Waals surface area contributed by atoms with E-state index in [0.29, 0.717) is 0 Å². The average molecular weight is 230 g/mol. The molecule has 0 spiro atoms. The number of benzene rings is 1. The van der Waals surface area contributed by atoms with Gasteiger partial charge in [0.1, 0.15) is 10.0 Å². The monoisotopic (exact) mass is 230 g/mol. The molecule has 1 aromatic carbocycles. The van der Waals surface area contributed by atoms with Gasteiger partial charge in [-0.3, -0.25) is 0 Å². The zero-order valence-electron chi connectivity index (χ0n) is 9.29. The summed E-state index contributed by atoms with van der Waals surface area (Å²) >= 11 is 0. The van der Waals surface area contributed by atoms with Gasteiger partial charge in [0.15, 0.2) is 0 Å². The first-order valence-electron chi connectivity index (χ1n) is 4.24. The maximum Gasteiger partial charge on any atom is 1.00 e. The van der Waals surface area contributed by atoms with Crippen molar-refractivity contribution >= 4 is 16.2 Å². The molecule has 0 saturated heterocycles. The van der Waals surface area contributed by atoms with Gasteiger partial charge in [-0.2, -0.15) is 0 Å². The van der Waals surface area contributed by atoms with Gasteiger partial charge in [-0.05, 0) is 19.1 Å². The van der Waals surface area contributed by atoms with Crippen LogP contribution in [0.4, 0.5) is 0 Å². The predicted octanol–water partition coefficient (Wildman–Crippen LogP) is -0.767. The van der Waals surface area contributed by atoms with Gasteiger partial charge in [0.25, 0.3) is 0 Å². The number of hydrogen-bond acceptors (Lipinski definition) is 3. The molecule has 1 aromatic rings. The second kappa shape index (κ2) is 6.54. The van der Waals surface area contributed by atoms with Crippen LogP contribution in [0.2, 0.25) is 0 Å². The van der Waals surface area contributed by atoms with Gasteiger partial charge in [-0.25, -0.2) is 8.42 Å². The molecular formula is C10H11LiN2O2S. The van der Waals surface area contributed by atoms with Crippen molar-refractivity contribution in [2.45, 2.75) is 11.8 Å². The van der Waals surface area contributed by atoms with Crippen molar-refractivity contribution in [1.82, 2.24) is 0 Å². The Morgan fingerprint density at radius 1 is 1.31 bits per heavy atom. The molecule has 1 rings (SSSR count). The fourth-order valence-electron chi connectivity index (χ4n) is 0.894. The Hall–Kier alpha value is -1.02. The standard InChI is InChI=1S/C10H11N2O2S.Li/c1-3-8-11-12-15(13,14)10-6-4-9(2)5-7-10;/h3-8H,1H2,2H3;/q-1;+1/b11-8+;. The smallest absolute Gasteiger partial charge is 0.491 e. The molecule has 0 fully saturated rings. The number of rotatable bonds is 4. The van der Waals surface area contributed by atoms with Crippen molar-refractivity contribution in [2.24, 2.45) is 5.10 Å². The molecule has 0 aliphatic carbocycles. The summed E-state index contributed by atoms with van der Waals surface area (Å²) in [5.74, 6) is 0. The molecule has 0 aliphatic heterocycles. The van der Waals surface area contributed by atoms with Crippen LogP contribution in [0.1, 0.15) is 5.56 Å². The fraction of sp³-hybridized carbons (Fsp3) is 0.100. The van der Waals surface area contributed by atoms with Crippen LogP contribution in [0.5, 0.6) is 0 Å². The molecule has 0 aliphatic rings. The second-order valence-electron chi connectivity index (χ2n) is 2.87. The average Bonchev–Trinajstić information content (AvgIpc) is 2.18. The van der Waals surface area contributed by atoms with Crippen LogP contribution in [-0.4, -0.2) is 14.6 Å². The summed E-state index contributed by atoms with van der Waals surface area (Å²) < 4.78 is 23.0. The van der Waals surface area contributed by atoms with E-state index in [1.54, 1.807) is 12.1 Å². The minimum atomic E-state index is -3.67. The van der Waals surface area contributed by atoms with Crippen molar-refractivity contribution in [1.29, 1.82) is 0 Å². The molecule has 0 atom stereocenters. The SMILES string of the molecule is C=C/C=N/[N-]S(=O)(=O)c1ccc(C)cc1.[Li+]. The molecule has 80 valence electrons. The first-order valence-corrected chi connectivity index (χ1v) is 5.68. The van der Waals surface area contributed by atoms with Crippen LogP contribution < -0.4 is 18.9 Å². The quantitative estimate of drug-likeness (QED) is 0.387. The molecule has 0 saturated carbocycles. The number of sulfonamides is 1. The zero-order chi connectivity index (χ0) is 11.3. The van der Waals surface area contributed by atoms with Gasteiger partial charge >= 0.3 is 18.9 Å². The number of allylic oxidation sites excluding steroid dienone is 1. The number of nitrogens with zero attached hydrogens (tertiary/aromatic N) is 2. The Kier molecular flexibility index (Phi) is 6.12. The summed E-state index contributed by atoms with van der Waals surface area (Å²) in [5.41, 5.74) is 0.989. The summed E-state index contributed by atoms with van der Waals surface area (Å²) in [7, 11) is -3.67. The Labute approximate surface area is 108 Å². The summed E-state index contributed by atoms with van der Waals surface area (Å²) in [4.78, 5) is 3.35. The molecule has 6 heteroatoms. The Balaban J connectivity index is 0.00000225. The molecule has 0 heterocycles. The maximum absolute atomic E-state index is 11.5. The third kappa shape index (κ3) is 4.23. The molecule has 0 amide bonds. The van der Waals surface area contributed by atoms with E-state index in [4.69, 9.17) is 0 Å². The number of aryl methyl sites for hydroxylation is 1. The third-order valence-electron chi connectivity index (χ3n) is 1.65. The second-order valence-corrected chi connectivity index (χ2v) is 4.45. The molecular weight excluding hydrogens is 219 g/mol. The van der Waals surface area contributed by atoms with Crippen molar-refractivity contribution in [3.05, 3.63) is 47.3 Å². The number of hydrogen-bond donors (Lipinski definition) is 0. The van der Waals surface area contributed by atoms with E-state index in [0.717, 1.165) is 5.56 Å². The maximum atomic E-state index is 11.5. The molecule has 0 N–H and O–H groups in total.